The normalized spacial score (nSPS) is 13.6. The van der Waals surface area contributed by atoms with Gasteiger partial charge in [0.05, 0.1) is 7.11 Å². The van der Waals surface area contributed by atoms with Crippen molar-refractivity contribution < 1.29 is 9.53 Å². The Bertz CT molecular complexity index is 645. The number of anilines is 2. The second kappa shape index (κ2) is 5.80. The van der Waals surface area contributed by atoms with Crippen LogP contribution in [-0.2, 0) is 17.8 Å². The summed E-state index contributed by atoms with van der Waals surface area (Å²) in [5.41, 5.74) is 6.31. The van der Waals surface area contributed by atoms with E-state index in [-0.39, 0.29) is 0 Å². The van der Waals surface area contributed by atoms with E-state index in [0.717, 1.165) is 23.6 Å². The monoisotopic (exact) mass is 284 g/mol. The number of benzene rings is 1. The molecule has 0 saturated heterocycles. The van der Waals surface area contributed by atoms with Crippen LogP contribution in [0.2, 0.25) is 0 Å². The van der Waals surface area contributed by atoms with Crippen LogP contribution < -0.4 is 10.7 Å². The van der Waals surface area contributed by atoms with Crippen molar-refractivity contribution >= 4 is 17.6 Å². The molecule has 0 radical (unpaired) electrons. The Hall–Kier alpha value is -2.60. The Morgan fingerprint density at radius 3 is 2.90 bits per heavy atom. The van der Waals surface area contributed by atoms with Crippen molar-refractivity contribution in [1.82, 2.24) is 9.99 Å². The minimum atomic E-state index is -0.459. The lowest BCUT2D eigenvalue weighted by Crippen LogP contribution is -2.24. The number of nitrogens with one attached hydrogen (secondary N) is 2. The summed E-state index contributed by atoms with van der Waals surface area (Å²) in [5, 5.41) is 4.80. The molecule has 0 unspecified atom stereocenters. The van der Waals surface area contributed by atoms with Gasteiger partial charge in [-0.3, -0.25) is 5.32 Å². The Morgan fingerprint density at radius 2 is 2.14 bits per heavy atom. The molecule has 2 N–H and O–H groups in total. The maximum absolute atomic E-state index is 11.4. The van der Waals surface area contributed by atoms with E-state index in [1.807, 2.05) is 30.3 Å². The molecule has 2 aromatic rings. The lowest BCUT2D eigenvalue weighted by Gasteiger charge is -2.17. The molecule has 0 fully saturated rings. The molecule has 0 saturated carbocycles. The average Bonchev–Trinajstić information content (AvgIpc) is 2.91. The van der Waals surface area contributed by atoms with Crippen LogP contribution in [0.15, 0.2) is 42.6 Å². The van der Waals surface area contributed by atoms with E-state index in [2.05, 4.69) is 31.5 Å². The number of amides is 1. The van der Waals surface area contributed by atoms with Gasteiger partial charge in [0.25, 0.3) is 0 Å². The molecule has 3 rings (SSSR count). The molecule has 1 aliphatic rings. The topological polar surface area (TPSA) is 66.5 Å². The fraction of sp³-hybridized carbons (Fsp3) is 0.200. The molecule has 21 heavy (non-hydrogen) atoms. The molecular formula is C15H16N4O2. The summed E-state index contributed by atoms with van der Waals surface area (Å²) in [4.78, 5) is 15.6. The zero-order chi connectivity index (χ0) is 14.7. The van der Waals surface area contributed by atoms with Gasteiger partial charge in [0.2, 0.25) is 0 Å². The van der Waals surface area contributed by atoms with Crippen LogP contribution in [0.25, 0.3) is 0 Å². The Balaban J connectivity index is 1.75. The van der Waals surface area contributed by atoms with E-state index in [1.165, 1.54) is 12.7 Å². The highest BCUT2D eigenvalue weighted by atomic mass is 16.5. The Labute approximate surface area is 122 Å². The van der Waals surface area contributed by atoms with Crippen LogP contribution in [0.1, 0.15) is 11.1 Å². The number of hydrogen-bond donors (Lipinski definition) is 2. The third-order valence-electron chi connectivity index (χ3n) is 3.34. The largest absolute Gasteiger partial charge is 0.453 e. The average molecular weight is 284 g/mol. The van der Waals surface area contributed by atoms with Crippen molar-refractivity contribution in [3.63, 3.8) is 0 Å². The van der Waals surface area contributed by atoms with Gasteiger partial charge in [-0.1, -0.05) is 18.2 Å². The smallest absolute Gasteiger partial charge is 0.411 e. The zero-order valence-electron chi connectivity index (χ0n) is 11.7. The van der Waals surface area contributed by atoms with Gasteiger partial charge in [0.15, 0.2) is 0 Å². The molecule has 0 aliphatic carbocycles. The third kappa shape index (κ3) is 2.95. The zero-order valence-corrected chi connectivity index (χ0v) is 11.7. The lowest BCUT2D eigenvalue weighted by atomic mass is 10.1. The van der Waals surface area contributed by atoms with Crippen molar-refractivity contribution in [3.8, 4) is 0 Å². The second-order valence-corrected chi connectivity index (χ2v) is 4.74. The number of rotatable bonds is 3. The molecule has 0 bridgehead atoms. The number of aromatic nitrogens is 1. The van der Waals surface area contributed by atoms with Crippen LogP contribution >= 0.6 is 0 Å². The summed E-state index contributed by atoms with van der Waals surface area (Å²) in [7, 11) is 1.35. The molecule has 0 spiro atoms. The number of methoxy groups -OCH3 is 1. The first-order valence-corrected chi connectivity index (χ1v) is 6.64. The SMILES string of the molecule is COC(=O)Nc1cccc2c1CN(Nc1ccccn1)C2. The molecule has 0 atom stereocenters. The van der Waals surface area contributed by atoms with Crippen LogP contribution in [0, 0.1) is 0 Å². The van der Waals surface area contributed by atoms with Crippen LogP contribution in [-0.4, -0.2) is 23.2 Å². The second-order valence-electron chi connectivity index (χ2n) is 4.74. The summed E-state index contributed by atoms with van der Waals surface area (Å²) < 4.78 is 4.65. The third-order valence-corrected chi connectivity index (χ3v) is 3.34. The van der Waals surface area contributed by atoms with E-state index in [1.54, 1.807) is 6.20 Å². The lowest BCUT2D eigenvalue weighted by molar-refractivity contribution is 0.187. The first-order chi connectivity index (χ1) is 10.3. The maximum atomic E-state index is 11.4. The first kappa shape index (κ1) is 13.4. The summed E-state index contributed by atoms with van der Waals surface area (Å²) in [6, 6.07) is 11.6. The molecule has 2 heterocycles. The standard InChI is InChI=1S/C15H16N4O2/c1-21-15(20)17-13-6-4-5-11-9-19(10-12(11)13)18-14-7-2-3-8-16-14/h2-8H,9-10H2,1H3,(H,16,18)(H,17,20). The minimum Gasteiger partial charge on any atom is -0.453 e. The van der Waals surface area contributed by atoms with Crippen LogP contribution in [0.4, 0.5) is 16.3 Å². The molecule has 6 nitrogen and oxygen atoms in total. The van der Waals surface area contributed by atoms with Crippen molar-refractivity contribution in [1.29, 1.82) is 0 Å². The number of fused-ring (bicyclic) bond motifs is 1. The molecule has 108 valence electrons. The number of carbonyl (C=O) groups is 1. The number of pyridine rings is 1. The van der Waals surface area contributed by atoms with E-state index in [0.29, 0.717) is 6.54 Å². The maximum Gasteiger partial charge on any atom is 0.411 e. The van der Waals surface area contributed by atoms with Crippen molar-refractivity contribution in [2.45, 2.75) is 13.1 Å². The van der Waals surface area contributed by atoms with Gasteiger partial charge in [-0.2, -0.15) is 0 Å². The van der Waals surface area contributed by atoms with E-state index in [4.69, 9.17) is 0 Å². The predicted octanol–water partition coefficient (Wildman–Crippen LogP) is 2.60. The van der Waals surface area contributed by atoms with Crippen LogP contribution in [0.5, 0.6) is 0 Å². The molecule has 1 amide bonds. The number of hydrazine groups is 1. The summed E-state index contributed by atoms with van der Waals surface area (Å²) in [6.45, 7) is 1.44. The summed E-state index contributed by atoms with van der Waals surface area (Å²) in [6.07, 6.45) is 1.29. The Kier molecular flexibility index (Phi) is 3.70. The predicted molar refractivity (Wildman–Crippen MR) is 79.6 cm³/mol. The van der Waals surface area contributed by atoms with Gasteiger partial charge in [0, 0.05) is 25.0 Å². The Morgan fingerprint density at radius 1 is 1.24 bits per heavy atom. The highest BCUT2D eigenvalue weighted by Crippen LogP contribution is 2.29. The van der Waals surface area contributed by atoms with E-state index >= 15 is 0 Å². The number of nitrogens with zero attached hydrogens (tertiary/aromatic N) is 2. The molecule has 6 heteroatoms. The van der Waals surface area contributed by atoms with Gasteiger partial charge in [-0.05, 0) is 29.3 Å². The highest BCUT2D eigenvalue weighted by Gasteiger charge is 2.22. The van der Waals surface area contributed by atoms with Crippen molar-refractivity contribution in [2.75, 3.05) is 17.9 Å². The first-order valence-electron chi connectivity index (χ1n) is 6.64. The van der Waals surface area contributed by atoms with Crippen LogP contribution in [0.3, 0.4) is 0 Å². The van der Waals surface area contributed by atoms with E-state index in [9.17, 15) is 4.79 Å². The molecule has 1 aromatic carbocycles. The summed E-state index contributed by atoms with van der Waals surface area (Å²) >= 11 is 0. The molecular weight excluding hydrogens is 268 g/mol. The fourth-order valence-electron chi connectivity index (χ4n) is 2.37. The molecule has 1 aliphatic heterocycles. The molecule has 1 aromatic heterocycles. The highest BCUT2D eigenvalue weighted by molar-refractivity contribution is 5.86. The van der Waals surface area contributed by atoms with Crippen molar-refractivity contribution in [3.05, 3.63) is 53.7 Å². The van der Waals surface area contributed by atoms with Gasteiger partial charge in [0.1, 0.15) is 5.82 Å². The number of hydrogen-bond acceptors (Lipinski definition) is 5. The van der Waals surface area contributed by atoms with Gasteiger partial charge < -0.3 is 10.2 Å². The minimum absolute atomic E-state index is 0.459. The number of carbonyl (C=O) groups excluding carboxylic acids is 1. The number of ether oxygens (including phenoxy) is 1. The van der Waals surface area contributed by atoms with Gasteiger partial charge in [-0.25, -0.2) is 14.8 Å². The van der Waals surface area contributed by atoms with Gasteiger partial charge >= 0.3 is 6.09 Å². The van der Waals surface area contributed by atoms with Gasteiger partial charge in [-0.15, -0.1) is 0 Å². The van der Waals surface area contributed by atoms with E-state index < -0.39 is 6.09 Å². The summed E-state index contributed by atoms with van der Waals surface area (Å²) in [5.74, 6) is 0.799. The van der Waals surface area contributed by atoms with Crippen molar-refractivity contribution in [2.24, 2.45) is 0 Å². The fourth-order valence-corrected chi connectivity index (χ4v) is 2.37. The quantitative estimate of drug-likeness (QED) is 0.907.